The van der Waals surface area contributed by atoms with Crippen LogP contribution < -0.4 is 4.90 Å². The monoisotopic (exact) mass is 459 g/mol. The third-order valence-corrected chi connectivity index (χ3v) is 5.86. The van der Waals surface area contributed by atoms with Gasteiger partial charge in [0.05, 0.1) is 23.0 Å². The molecule has 1 aliphatic rings. The number of hydrogen-bond donors (Lipinski definition) is 0. The number of hydrogen-bond acceptors (Lipinski definition) is 6. The molecule has 7 nitrogen and oxygen atoms in total. The Hall–Kier alpha value is -4.20. The van der Waals surface area contributed by atoms with Crippen molar-refractivity contribution in [2.45, 2.75) is 0 Å². The fraction of sp³-hybridized carbons (Fsp3) is 0.192. The number of rotatable bonds is 5. The van der Waals surface area contributed by atoms with E-state index in [1.54, 1.807) is 53.4 Å². The van der Waals surface area contributed by atoms with Crippen LogP contribution in [0.1, 0.15) is 10.4 Å². The Kier molecular flexibility index (Phi) is 5.95. The van der Waals surface area contributed by atoms with Gasteiger partial charge in [-0.1, -0.05) is 30.3 Å². The fourth-order valence-electron chi connectivity index (χ4n) is 4.10. The second-order valence-electron chi connectivity index (χ2n) is 7.94. The predicted octanol–water partition coefficient (Wildman–Crippen LogP) is 4.14. The molecule has 0 bridgehead atoms. The predicted molar refractivity (Wildman–Crippen MR) is 125 cm³/mol. The molecule has 2 aromatic heterocycles. The van der Waals surface area contributed by atoms with Crippen molar-refractivity contribution in [2.75, 3.05) is 37.7 Å². The highest BCUT2D eigenvalue weighted by Gasteiger charge is 2.24. The van der Waals surface area contributed by atoms with Gasteiger partial charge < -0.3 is 19.0 Å². The van der Waals surface area contributed by atoms with E-state index in [4.69, 9.17) is 9.15 Å². The van der Waals surface area contributed by atoms with Crippen LogP contribution in [-0.4, -0.2) is 54.5 Å². The molecular weight excluding hydrogens is 437 g/mol. The Morgan fingerprint density at radius 3 is 2.50 bits per heavy atom. The normalized spacial score (nSPS) is 13.8. The van der Waals surface area contributed by atoms with Crippen LogP contribution in [0.3, 0.4) is 0 Å². The molecule has 8 heteroatoms. The largest absolute Gasteiger partial charge is 0.463 e. The number of aromatic nitrogens is 1. The highest BCUT2D eigenvalue weighted by Crippen LogP contribution is 2.26. The Balaban J connectivity index is 1.25. The maximum absolute atomic E-state index is 14.0. The summed E-state index contributed by atoms with van der Waals surface area (Å²) in [6.45, 7) is 1.48. The molecule has 1 aliphatic heterocycles. The van der Waals surface area contributed by atoms with Crippen LogP contribution >= 0.6 is 0 Å². The minimum absolute atomic E-state index is 0.283. The average Bonchev–Trinajstić information content (AvgIpc) is 3.42. The van der Waals surface area contributed by atoms with E-state index < -0.39 is 5.97 Å². The van der Waals surface area contributed by atoms with Gasteiger partial charge in [0.1, 0.15) is 11.5 Å². The SMILES string of the molecule is O=C(OCC(=O)N1CCN(c2ccccc2F)CC1)c1cc(-c2ccco2)nc2ccccc12. The molecule has 0 atom stereocenters. The van der Waals surface area contributed by atoms with Gasteiger partial charge >= 0.3 is 5.97 Å². The number of pyridine rings is 1. The number of anilines is 1. The summed E-state index contributed by atoms with van der Waals surface area (Å²) in [7, 11) is 0. The van der Waals surface area contributed by atoms with E-state index >= 15 is 0 Å². The van der Waals surface area contributed by atoms with E-state index in [0.717, 1.165) is 0 Å². The zero-order chi connectivity index (χ0) is 23.5. The van der Waals surface area contributed by atoms with Crippen LogP contribution in [-0.2, 0) is 9.53 Å². The summed E-state index contributed by atoms with van der Waals surface area (Å²) in [4.78, 5) is 33.7. The highest BCUT2D eigenvalue weighted by atomic mass is 19.1. The number of amides is 1. The minimum Gasteiger partial charge on any atom is -0.463 e. The smallest absolute Gasteiger partial charge is 0.339 e. The molecule has 1 fully saturated rings. The number of halogens is 1. The van der Waals surface area contributed by atoms with Gasteiger partial charge in [-0.05, 0) is 36.4 Å². The number of carbonyl (C=O) groups excluding carboxylic acids is 2. The molecule has 4 aromatic rings. The number of fused-ring (bicyclic) bond motifs is 1. The molecule has 0 radical (unpaired) electrons. The summed E-state index contributed by atoms with van der Waals surface area (Å²) >= 11 is 0. The second kappa shape index (κ2) is 9.35. The summed E-state index contributed by atoms with van der Waals surface area (Å²) in [6.07, 6.45) is 1.54. The zero-order valence-electron chi connectivity index (χ0n) is 18.3. The van der Waals surface area contributed by atoms with Crippen molar-refractivity contribution in [1.82, 2.24) is 9.88 Å². The second-order valence-corrected chi connectivity index (χ2v) is 7.94. The van der Waals surface area contributed by atoms with Gasteiger partial charge in [0.25, 0.3) is 5.91 Å². The van der Waals surface area contributed by atoms with Crippen LogP contribution in [0.5, 0.6) is 0 Å². The molecule has 1 saturated heterocycles. The van der Waals surface area contributed by atoms with Crippen molar-refractivity contribution in [1.29, 1.82) is 0 Å². The summed E-state index contributed by atoms with van der Waals surface area (Å²) < 4.78 is 24.9. The molecule has 5 rings (SSSR count). The summed E-state index contributed by atoms with van der Waals surface area (Å²) in [5.41, 5.74) is 1.97. The van der Waals surface area contributed by atoms with Crippen molar-refractivity contribution in [3.63, 3.8) is 0 Å². The summed E-state index contributed by atoms with van der Waals surface area (Å²) in [6, 6.07) is 18.9. The maximum atomic E-state index is 14.0. The molecule has 2 aromatic carbocycles. The molecule has 34 heavy (non-hydrogen) atoms. The first kappa shape index (κ1) is 21.6. The number of ether oxygens (including phenoxy) is 1. The van der Waals surface area contributed by atoms with Crippen molar-refractivity contribution >= 4 is 28.5 Å². The van der Waals surface area contributed by atoms with Gasteiger partial charge in [0, 0.05) is 31.6 Å². The summed E-state index contributed by atoms with van der Waals surface area (Å²) in [5, 5.41) is 0.633. The standard InChI is InChI=1S/C26H22FN3O4/c27-20-7-2-4-9-23(20)29-11-13-30(14-12-29)25(31)17-34-26(32)19-16-22(24-10-5-15-33-24)28-21-8-3-1-6-18(19)21/h1-10,15-16H,11-14,17H2. The Labute approximate surface area is 195 Å². The average molecular weight is 459 g/mol. The maximum Gasteiger partial charge on any atom is 0.339 e. The van der Waals surface area contributed by atoms with Crippen LogP contribution in [0.2, 0.25) is 0 Å². The lowest BCUT2D eigenvalue weighted by molar-refractivity contribution is -0.134. The first-order chi connectivity index (χ1) is 16.6. The quantitative estimate of drug-likeness (QED) is 0.418. The van der Waals surface area contributed by atoms with Crippen molar-refractivity contribution in [3.8, 4) is 11.5 Å². The zero-order valence-corrected chi connectivity index (χ0v) is 18.3. The van der Waals surface area contributed by atoms with Crippen molar-refractivity contribution in [2.24, 2.45) is 0 Å². The fourth-order valence-corrected chi connectivity index (χ4v) is 4.10. The van der Waals surface area contributed by atoms with Gasteiger partial charge in [0.2, 0.25) is 0 Å². The number of benzene rings is 2. The van der Waals surface area contributed by atoms with Gasteiger partial charge in [-0.3, -0.25) is 4.79 Å². The molecule has 0 aliphatic carbocycles. The lowest BCUT2D eigenvalue weighted by Gasteiger charge is -2.36. The number of carbonyl (C=O) groups is 2. The molecule has 1 amide bonds. The van der Waals surface area contributed by atoms with Gasteiger partial charge in [0.15, 0.2) is 12.4 Å². The van der Waals surface area contributed by atoms with E-state index in [0.29, 0.717) is 59.8 Å². The first-order valence-corrected chi connectivity index (χ1v) is 11.0. The van der Waals surface area contributed by atoms with E-state index in [-0.39, 0.29) is 18.3 Å². The molecular formula is C26H22FN3O4. The van der Waals surface area contributed by atoms with Crippen LogP contribution in [0, 0.1) is 5.82 Å². The third kappa shape index (κ3) is 4.34. The van der Waals surface area contributed by atoms with E-state index in [1.165, 1.54) is 12.3 Å². The topological polar surface area (TPSA) is 75.9 Å². The van der Waals surface area contributed by atoms with Crippen LogP contribution in [0.4, 0.5) is 10.1 Å². The van der Waals surface area contributed by atoms with Gasteiger partial charge in [-0.15, -0.1) is 0 Å². The van der Waals surface area contributed by atoms with Crippen molar-refractivity contribution < 1.29 is 23.1 Å². The Bertz CT molecular complexity index is 1330. The molecule has 0 saturated carbocycles. The lowest BCUT2D eigenvalue weighted by Crippen LogP contribution is -2.50. The van der Waals surface area contributed by atoms with Gasteiger partial charge in [-0.2, -0.15) is 0 Å². The molecule has 172 valence electrons. The number of piperazine rings is 1. The van der Waals surface area contributed by atoms with E-state index in [9.17, 15) is 14.0 Å². The van der Waals surface area contributed by atoms with Crippen molar-refractivity contribution in [3.05, 3.63) is 84.4 Å². The number of esters is 1. The molecule has 0 spiro atoms. The van der Waals surface area contributed by atoms with E-state index in [1.807, 2.05) is 17.0 Å². The minimum atomic E-state index is -0.607. The Morgan fingerprint density at radius 1 is 0.971 bits per heavy atom. The van der Waals surface area contributed by atoms with Crippen LogP contribution in [0.15, 0.2) is 77.4 Å². The molecule has 0 N–H and O–H groups in total. The highest BCUT2D eigenvalue weighted by molar-refractivity contribution is 6.05. The number of furan rings is 1. The molecule has 0 unspecified atom stereocenters. The molecule has 3 heterocycles. The Morgan fingerprint density at radius 2 is 1.74 bits per heavy atom. The van der Waals surface area contributed by atoms with Gasteiger partial charge in [-0.25, -0.2) is 14.2 Å². The number of nitrogens with zero attached hydrogens (tertiary/aromatic N) is 3. The third-order valence-electron chi connectivity index (χ3n) is 5.86. The summed E-state index contributed by atoms with van der Waals surface area (Å²) in [5.74, 6) is -0.644. The number of para-hydroxylation sites is 2. The van der Waals surface area contributed by atoms with Crippen LogP contribution in [0.25, 0.3) is 22.4 Å². The van der Waals surface area contributed by atoms with E-state index in [2.05, 4.69) is 4.98 Å². The lowest BCUT2D eigenvalue weighted by atomic mass is 10.1. The first-order valence-electron chi connectivity index (χ1n) is 11.0.